The van der Waals surface area contributed by atoms with Crippen LogP contribution in [0.25, 0.3) is 0 Å². The third-order valence-electron chi connectivity index (χ3n) is 2.38. The number of ether oxygens (including phenoxy) is 1. The molecule has 1 aromatic carbocycles. The van der Waals surface area contributed by atoms with Gasteiger partial charge in [-0.15, -0.1) is 0 Å². The van der Waals surface area contributed by atoms with Crippen LogP contribution in [-0.4, -0.2) is 30.2 Å². The van der Waals surface area contributed by atoms with E-state index in [0.717, 1.165) is 11.5 Å². The van der Waals surface area contributed by atoms with E-state index in [0.29, 0.717) is 24.0 Å². The number of hydrogen-bond donors (Lipinski definition) is 2. The van der Waals surface area contributed by atoms with Crippen LogP contribution in [0, 0.1) is 0 Å². The summed E-state index contributed by atoms with van der Waals surface area (Å²) >= 11 is 5.93. The van der Waals surface area contributed by atoms with E-state index < -0.39 is 0 Å². The Hall–Kier alpha value is -1.85. The monoisotopic (exact) mass is 278 g/mol. The number of nitrogens with zero attached hydrogens (tertiary/aromatic N) is 2. The van der Waals surface area contributed by atoms with Gasteiger partial charge in [-0.2, -0.15) is 0 Å². The van der Waals surface area contributed by atoms with Gasteiger partial charge in [0.15, 0.2) is 0 Å². The molecule has 2 rings (SSSR count). The molecule has 6 heteroatoms. The van der Waals surface area contributed by atoms with Crippen LogP contribution in [-0.2, 0) is 4.74 Å². The van der Waals surface area contributed by atoms with Crippen molar-refractivity contribution in [1.29, 1.82) is 0 Å². The number of nitrogens with one attached hydrogen (secondary N) is 2. The quantitative estimate of drug-likeness (QED) is 0.796. The third kappa shape index (κ3) is 4.39. The number of aromatic nitrogens is 2. The van der Waals surface area contributed by atoms with Gasteiger partial charge in [-0.05, 0) is 18.2 Å². The Morgan fingerprint density at radius 1 is 1.21 bits per heavy atom. The molecule has 0 saturated carbocycles. The minimum atomic E-state index is 0.626. The number of rotatable bonds is 6. The maximum Gasteiger partial charge on any atom is 0.135 e. The second kappa shape index (κ2) is 6.92. The summed E-state index contributed by atoms with van der Waals surface area (Å²) < 4.78 is 4.97. The number of benzene rings is 1. The van der Waals surface area contributed by atoms with Crippen LogP contribution in [0.4, 0.5) is 17.3 Å². The van der Waals surface area contributed by atoms with Crippen LogP contribution in [0.5, 0.6) is 0 Å². The van der Waals surface area contributed by atoms with Crippen molar-refractivity contribution in [3.05, 3.63) is 41.7 Å². The lowest BCUT2D eigenvalue weighted by atomic mass is 10.3. The molecule has 0 aliphatic rings. The van der Waals surface area contributed by atoms with Crippen LogP contribution in [0.1, 0.15) is 0 Å². The molecule has 100 valence electrons. The summed E-state index contributed by atoms with van der Waals surface area (Å²) in [5, 5.41) is 6.99. The predicted octanol–water partition coefficient (Wildman–Crippen LogP) is 2.93. The first-order valence-corrected chi connectivity index (χ1v) is 6.23. The Bertz CT molecular complexity index is 536. The lowest BCUT2D eigenvalue weighted by Crippen LogP contribution is -2.09. The maximum atomic E-state index is 5.93. The first-order chi connectivity index (χ1) is 9.28. The standard InChI is InChI=1S/C13H15ClN4O/c1-19-6-5-15-12-8-13(17-9-16-12)18-11-4-2-3-10(14)7-11/h2-4,7-9H,5-6H2,1H3,(H2,15,16,17,18). The normalized spacial score (nSPS) is 10.2. The number of halogens is 1. The molecule has 2 N–H and O–H groups in total. The molecule has 0 unspecified atom stereocenters. The minimum absolute atomic E-state index is 0.626. The Labute approximate surface area is 117 Å². The van der Waals surface area contributed by atoms with Gasteiger partial charge in [-0.25, -0.2) is 9.97 Å². The fourth-order valence-corrected chi connectivity index (χ4v) is 1.71. The van der Waals surface area contributed by atoms with Gasteiger partial charge in [-0.1, -0.05) is 17.7 Å². The molecule has 0 aliphatic heterocycles. The summed E-state index contributed by atoms with van der Waals surface area (Å²) in [4.78, 5) is 8.28. The molecule has 0 aliphatic carbocycles. The van der Waals surface area contributed by atoms with Gasteiger partial charge in [0, 0.05) is 30.4 Å². The highest BCUT2D eigenvalue weighted by Crippen LogP contribution is 2.19. The molecule has 19 heavy (non-hydrogen) atoms. The second-order valence-corrected chi connectivity index (χ2v) is 4.28. The van der Waals surface area contributed by atoms with E-state index in [1.54, 1.807) is 7.11 Å². The van der Waals surface area contributed by atoms with Crippen LogP contribution >= 0.6 is 11.6 Å². The zero-order valence-corrected chi connectivity index (χ0v) is 11.3. The number of methoxy groups -OCH3 is 1. The summed E-state index contributed by atoms with van der Waals surface area (Å²) in [6.45, 7) is 1.32. The zero-order valence-electron chi connectivity index (χ0n) is 10.6. The van der Waals surface area contributed by atoms with Gasteiger partial charge in [0.2, 0.25) is 0 Å². The fourth-order valence-electron chi connectivity index (χ4n) is 1.52. The van der Waals surface area contributed by atoms with Crippen molar-refractivity contribution in [3.8, 4) is 0 Å². The van der Waals surface area contributed by atoms with Crippen molar-refractivity contribution in [3.63, 3.8) is 0 Å². The topological polar surface area (TPSA) is 59.1 Å². The molecule has 0 saturated heterocycles. The molecule has 0 atom stereocenters. The van der Waals surface area contributed by atoms with Crippen molar-refractivity contribution in [2.24, 2.45) is 0 Å². The molecule has 0 amide bonds. The summed E-state index contributed by atoms with van der Waals surface area (Å²) in [5.41, 5.74) is 0.883. The predicted molar refractivity (Wildman–Crippen MR) is 77.1 cm³/mol. The van der Waals surface area contributed by atoms with Crippen molar-refractivity contribution in [2.45, 2.75) is 0 Å². The SMILES string of the molecule is COCCNc1cc(Nc2cccc(Cl)c2)ncn1. The van der Waals surface area contributed by atoms with Gasteiger partial charge in [-0.3, -0.25) is 0 Å². The highest BCUT2D eigenvalue weighted by atomic mass is 35.5. The van der Waals surface area contributed by atoms with Gasteiger partial charge in [0.05, 0.1) is 6.61 Å². The average molecular weight is 279 g/mol. The maximum absolute atomic E-state index is 5.93. The molecule has 0 radical (unpaired) electrons. The Kier molecular flexibility index (Phi) is 4.94. The number of hydrogen-bond acceptors (Lipinski definition) is 5. The second-order valence-electron chi connectivity index (χ2n) is 3.84. The van der Waals surface area contributed by atoms with Crippen molar-refractivity contribution < 1.29 is 4.74 Å². The largest absolute Gasteiger partial charge is 0.383 e. The fraction of sp³-hybridized carbons (Fsp3) is 0.231. The lowest BCUT2D eigenvalue weighted by Gasteiger charge is -2.08. The van der Waals surface area contributed by atoms with Crippen LogP contribution in [0.3, 0.4) is 0 Å². The summed E-state index contributed by atoms with van der Waals surface area (Å²) in [7, 11) is 1.66. The highest BCUT2D eigenvalue weighted by Gasteiger charge is 2.00. The molecule has 0 fully saturated rings. The van der Waals surface area contributed by atoms with Gasteiger partial charge >= 0.3 is 0 Å². The van der Waals surface area contributed by atoms with E-state index in [4.69, 9.17) is 16.3 Å². The smallest absolute Gasteiger partial charge is 0.135 e. The zero-order chi connectivity index (χ0) is 13.5. The molecular weight excluding hydrogens is 264 g/mol. The Balaban J connectivity index is 2.02. The molecule has 1 heterocycles. The summed E-state index contributed by atoms with van der Waals surface area (Å²) in [6, 6.07) is 9.29. The van der Waals surface area contributed by atoms with Crippen molar-refractivity contribution in [1.82, 2.24) is 9.97 Å². The summed E-state index contributed by atoms with van der Waals surface area (Å²) in [5.74, 6) is 1.45. The minimum Gasteiger partial charge on any atom is -0.383 e. The Morgan fingerprint density at radius 2 is 2.05 bits per heavy atom. The van der Waals surface area contributed by atoms with Crippen molar-refractivity contribution >= 4 is 28.9 Å². The highest BCUT2D eigenvalue weighted by molar-refractivity contribution is 6.30. The Morgan fingerprint density at radius 3 is 2.84 bits per heavy atom. The van der Waals surface area contributed by atoms with Gasteiger partial charge < -0.3 is 15.4 Å². The first kappa shape index (κ1) is 13.6. The number of anilines is 3. The van der Waals surface area contributed by atoms with Crippen LogP contribution < -0.4 is 10.6 Å². The van der Waals surface area contributed by atoms with Gasteiger partial charge in [0.1, 0.15) is 18.0 Å². The van der Waals surface area contributed by atoms with Crippen LogP contribution in [0.2, 0.25) is 5.02 Å². The van der Waals surface area contributed by atoms with Gasteiger partial charge in [0.25, 0.3) is 0 Å². The molecule has 0 spiro atoms. The van der Waals surface area contributed by atoms with E-state index in [1.165, 1.54) is 6.33 Å². The van der Waals surface area contributed by atoms with Crippen LogP contribution in [0.15, 0.2) is 36.7 Å². The first-order valence-electron chi connectivity index (χ1n) is 5.85. The lowest BCUT2D eigenvalue weighted by molar-refractivity contribution is 0.210. The average Bonchev–Trinajstić information content (AvgIpc) is 2.39. The van der Waals surface area contributed by atoms with E-state index in [1.807, 2.05) is 30.3 Å². The molecule has 1 aromatic heterocycles. The van der Waals surface area contributed by atoms with E-state index in [9.17, 15) is 0 Å². The molecule has 5 nitrogen and oxygen atoms in total. The van der Waals surface area contributed by atoms with E-state index >= 15 is 0 Å². The van der Waals surface area contributed by atoms with E-state index in [-0.39, 0.29) is 0 Å². The molecular formula is C13H15ClN4O. The van der Waals surface area contributed by atoms with E-state index in [2.05, 4.69) is 20.6 Å². The summed E-state index contributed by atoms with van der Waals surface area (Å²) in [6.07, 6.45) is 1.50. The third-order valence-corrected chi connectivity index (χ3v) is 2.61. The molecule has 2 aromatic rings. The molecule has 0 bridgehead atoms. The van der Waals surface area contributed by atoms with Crippen molar-refractivity contribution in [2.75, 3.05) is 30.9 Å².